The number of rotatable bonds is 4. The first kappa shape index (κ1) is 13.5. The van der Waals surface area contributed by atoms with Crippen molar-refractivity contribution in [2.24, 2.45) is 12.8 Å². The molecule has 2 aromatic rings. The topological polar surface area (TPSA) is 53.1 Å². The molecule has 1 aromatic carbocycles. The molecule has 0 saturated heterocycles. The molecule has 5 heteroatoms. The van der Waals surface area contributed by atoms with Crippen molar-refractivity contribution >= 4 is 0 Å². The van der Waals surface area contributed by atoms with Crippen molar-refractivity contribution in [3.8, 4) is 11.6 Å². The van der Waals surface area contributed by atoms with Crippen molar-refractivity contribution in [1.29, 1.82) is 0 Å². The SMILES string of the molecule is Cc1ccc(F)cc1Oc1c(CCN)c(C)nn1C. The highest BCUT2D eigenvalue weighted by Gasteiger charge is 2.15. The number of nitrogens with two attached hydrogens (primary N) is 1. The molecule has 0 radical (unpaired) electrons. The third-order valence-electron chi connectivity index (χ3n) is 3.04. The van der Waals surface area contributed by atoms with Crippen molar-refractivity contribution in [2.75, 3.05) is 6.54 Å². The highest BCUT2D eigenvalue weighted by Crippen LogP contribution is 2.29. The van der Waals surface area contributed by atoms with Crippen LogP contribution in [0, 0.1) is 19.7 Å². The first-order valence-corrected chi connectivity index (χ1v) is 6.19. The van der Waals surface area contributed by atoms with Gasteiger partial charge in [-0.05, 0) is 38.4 Å². The highest BCUT2D eigenvalue weighted by atomic mass is 19.1. The average Bonchev–Trinajstić information content (AvgIpc) is 2.61. The lowest BCUT2D eigenvalue weighted by Crippen LogP contribution is -2.05. The maximum absolute atomic E-state index is 13.3. The molecule has 0 aliphatic rings. The molecule has 102 valence electrons. The van der Waals surface area contributed by atoms with E-state index >= 15 is 0 Å². The van der Waals surface area contributed by atoms with Crippen LogP contribution in [0.2, 0.25) is 0 Å². The van der Waals surface area contributed by atoms with Gasteiger partial charge >= 0.3 is 0 Å². The summed E-state index contributed by atoms with van der Waals surface area (Å²) >= 11 is 0. The highest BCUT2D eigenvalue weighted by molar-refractivity contribution is 5.39. The minimum atomic E-state index is -0.320. The van der Waals surface area contributed by atoms with Gasteiger partial charge in [0.1, 0.15) is 11.6 Å². The Morgan fingerprint density at radius 1 is 1.37 bits per heavy atom. The Balaban J connectivity index is 2.40. The van der Waals surface area contributed by atoms with Crippen LogP contribution in [0.1, 0.15) is 16.8 Å². The lowest BCUT2D eigenvalue weighted by molar-refractivity contribution is 0.420. The molecule has 1 aromatic heterocycles. The monoisotopic (exact) mass is 263 g/mol. The lowest BCUT2D eigenvalue weighted by Gasteiger charge is -2.10. The average molecular weight is 263 g/mol. The third-order valence-corrected chi connectivity index (χ3v) is 3.04. The quantitative estimate of drug-likeness (QED) is 0.922. The van der Waals surface area contributed by atoms with Crippen LogP contribution in [0.15, 0.2) is 18.2 Å². The second kappa shape index (κ2) is 5.40. The second-order valence-corrected chi connectivity index (χ2v) is 4.54. The molecule has 0 aliphatic heterocycles. The molecule has 2 rings (SSSR count). The van der Waals surface area contributed by atoms with Crippen LogP contribution in [0.5, 0.6) is 11.6 Å². The summed E-state index contributed by atoms with van der Waals surface area (Å²) in [6.07, 6.45) is 0.684. The van der Waals surface area contributed by atoms with Gasteiger partial charge in [-0.3, -0.25) is 0 Å². The summed E-state index contributed by atoms with van der Waals surface area (Å²) in [6, 6.07) is 4.48. The van der Waals surface area contributed by atoms with E-state index < -0.39 is 0 Å². The van der Waals surface area contributed by atoms with E-state index in [4.69, 9.17) is 10.5 Å². The fraction of sp³-hybridized carbons (Fsp3) is 0.357. The van der Waals surface area contributed by atoms with Crippen molar-refractivity contribution in [3.05, 3.63) is 40.8 Å². The molecule has 0 atom stereocenters. The molecule has 0 spiro atoms. The minimum absolute atomic E-state index is 0.320. The Morgan fingerprint density at radius 3 is 2.79 bits per heavy atom. The molecule has 0 unspecified atom stereocenters. The normalized spacial score (nSPS) is 10.8. The van der Waals surface area contributed by atoms with Crippen molar-refractivity contribution < 1.29 is 9.13 Å². The van der Waals surface area contributed by atoms with Crippen molar-refractivity contribution in [2.45, 2.75) is 20.3 Å². The molecule has 1 heterocycles. The fourth-order valence-electron chi connectivity index (χ4n) is 2.03. The minimum Gasteiger partial charge on any atom is -0.439 e. The zero-order valence-corrected chi connectivity index (χ0v) is 11.4. The number of halogens is 1. The first-order chi connectivity index (χ1) is 9.02. The van der Waals surface area contributed by atoms with Crippen molar-refractivity contribution in [1.82, 2.24) is 9.78 Å². The van der Waals surface area contributed by atoms with E-state index in [0.29, 0.717) is 24.6 Å². The van der Waals surface area contributed by atoms with Crippen LogP contribution in [-0.2, 0) is 13.5 Å². The summed E-state index contributed by atoms with van der Waals surface area (Å²) in [5.41, 5.74) is 8.33. The standard InChI is InChI=1S/C14H18FN3O/c1-9-4-5-11(15)8-13(9)19-14-12(6-7-16)10(2)17-18(14)3/h4-5,8H,6-7,16H2,1-3H3. The van der Waals surface area contributed by atoms with Crippen LogP contribution in [-0.4, -0.2) is 16.3 Å². The van der Waals surface area contributed by atoms with E-state index in [1.165, 1.54) is 12.1 Å². The largest absolute Gasteiger partial charge is 0.439 e. The number of aryl methyl sites for hydroxylation is 3. The zero-order valence-electron chi connectivity index (χ0n) is 11.4. The summed E-state index contributed by atoms with van der Waals surface area (Å²) in [6.45, 7) is 4.31. The molecule has 0 fully saturated rings. The molecule has 0 amide bonds. The van der Waals surface area contributed by atoms with Gasteiger partial charge < -0.3 is 10.5 Å². The molecule has 0 bridgehead atoms. The predicted octanol–water partition coefficient (Wildman–Crippen LogP) is 2.47. The maximum Gasteiger partial charge on any atom is 0.221 e. The van der Waals surface area contributed by atoms with Crippen molar-refractivity contribution in [3.63, 3.8) is 0 Å². The van der Waals surface area contributed by atoms with Crippen LogP contribution >= 0.6 is 0 Å². The van der Waals surface area contributed by atoms with E-state index in [1.807, 2.05) is 13.8 Å². The van der Waals surface area contributed by atoms with E-state index in [9.17, 15) is 4.39 Å². The Labute approximate surface area is 112 Å². The summed E-state index contributed by atoms with van der Waals surface area (Å²) < 4.78 is 20.8. The number of hydrogen-bond acceptors (Lipinski definition) is 3. The summed E-state index contributed by atoms with van der Waals surface area (Å²) in [4.78, 5) is 0. The number of aromatic nitrogens is 2. The molecule has 2 N–H and O–H groups in total. The Morgan fingerprint density at radius 2 is 2.11 bits per heavy atom. The smallest absolute Gasteiger partial charge is 0.221 e. The maximum atomic E-state index is 13.3. The van der Waals surface area contributed by atoms with Crippen LogP contribution < -0.4 is 10.5 Å². The van der Waals surface area contributed by atoms with E-state index in [-0.39, 0.29) is 5.82 Å². The van der Waals surface area contributed by atoms with E-state index in [2.05, 4.69) is 5.10 Å². The fourth-order valence-corrected chi connectivity index (χ4v) is 2.03. The summed E-state index contributed by atoms with van der Waals surface area (Å²) in [5.74, 6) is 0.804. The van der Waals surface area contributed by atoms with Gasteiger partial charge in [0.05, 0.1) is 5.69 Å². The second-order valence-electron chi connectivity index (χ2n) is 4.54. The molecule has 0 aliphatic carbocycles. The van der Waals surface area contributed by atoms with Gasteiger partial charge in [0.15, 0.2) is 0 Å². The molecular weight excluding hydrogens is 245 g/mol. The van der Waals surface area contributed by atoms with Gasteiger partial charge in [-0.2, -0.15) is 5.10 Å². The summed E-state index contributed by atoms with van der Waals surface area (Å²) in [5, 5.41) is 4.32. The van der Waals surface area contributed by atoms with Gasteiger partial charge in [0, 0.05) is 18.7 Å². The van der Waals surface area contributed by atoms with E-state index in [0.717, 1.165) is 16.8 Å². The van der Waals surface area contributed by atoms with E-state index in [1.54, 1.807) is 17.8 Å². The van der Waals surface area contributed by atoms with Gasteiger partial charge in [-0.15, -0.1) is 0 Å². The Hall–Kier alpha value is -1.88. The number of hydrogen-bond donors (Lipinski definition) is 1. The molecular formula is C14H18FN3O. The Bertz CT molecular complexity index is 593. The van der Waals surface area contributed by atoms with Gasteiger partial charge in [0.2, 0.25) is 5.88 Å². The number of ether oxygens (including phenoxy) is 1. The van der Waals surface area contributed by atoms with Crippen LogP contribution in [0.4, 0.5) is 4.39 Å². The third kappa shape index (κ3) is 2.76. The Kier molecular flexibility index (Phi) is 3.85. The van der Waals surface area contributed by atoms with Crippen LogP contribution in [0.3, 0.4) is 0 Å². The lowest BCUT2D eigenvalue weighted by atomic mass is 10.2. The molecule has 19 heavy (non-hydrogen) atoms. The van der Waals surface area contributed by atoms with Gasteiger partial charge in [0.25, 0.3) is 0 Å². The zero-order chi connectivity index (χ0) is 14.0. The van der Waals surface area contributed by atoms with Crippen LogP contribution in [0.25, 0.3) is 0 Å². The molecule has 0 saturated carbocycles. The molecule has 4 nitrogen and oxygen atoms in total. The predicted molar refractivity (Wildman–Crippen MR) is 71.9 cm³/mol. The van der Waals surface area contributed by atoms with Gasteiger partial charge in [-0.1, -0.05) is 6.07 Å². The number of nitrogens with zero attached hydrogens (tertiary/aromatic N) is 2. The number of benzene rings is 1. The van der Waals surface area contributed by atoms with Gasteiger partial charge in [-0.25, -0.2) is 9.07 Å². The summed E-state index contributed by atoms with van der Waals surface area (Å²) in [7, 11) is 1.80. The first-order valence-electron chi connectivity index (χ1n) is 6.19.